The minimum Gasteiger partial charge on any atom is -0.497 e. The molecule has 12 heavy (non-hydrogen) atoms. The van der Waals surface area contributed by atoms with Crippen LogP contribution in [-0.4, -0.2) is 13.3 Å². The lowest BCUT2D eigenvalue weighted by molar-refractivity contribution is -0.0878. The minimum atomic E-state index is -4.38. The number of alkyl halides is 3. The Hall–Kier alpha value is -1.19. The van der Waals surface area contributed by atoms with E-state index in [4.69, 9.17) is 0 Å². The maximum atomic E-state index is 11.8. The van der Waals surface area contributed by atoms with Crippen LogP contribution < -0.4 is 0 Å². The molecule has 0 fully saturated rings. The first kappa shape index (κ1) is 10.8. The third kappa shape index (κ3) is 3.85. The monoisotopic (exact) mass is 178 g/mol. The minimum absolute atomic E-state index is 0.153. The molecule has 0 aliphatic heterocycles. The highest BCUT2D eigenvalue weighted by Gasteiger charge is 2.29. The number of halogens is 3. The molecule has 0 saturated carbocycles. The Morgan fingerprint density at radius 2 is 1.75 bits per heavy atom. The molecule has 0 rings (SSSR count). The SMILES string of the molecule is C=C(/C=C\C(=C)C(F)(F)F)OC. The molecule has 0 aromatic carbocycles. The molecule has 1 nitrogen and oxygen atoms in total. The van der Waals surface area contributed by atoms with Gasteiger partial charge in [0, 0.05) is 5.57 Å². The number of ether oxygens (including phenoxy) is 1. The summed E-state index contributed by atoms with van der Waals surface area (Å²) in [6, 6.07) is 0. The molecule has 0 heterocycles. The van der Waals surface area contributed by atoms with Gasteiger partial charge in [-0.3, -0.25) is 0 Å². The summed E-state index contributed by atoms with van der Waals surface area (Å²) in [5.74, 6) is 0.153. The molecule has 0 atom stereocenters. The highest BCUT2D eigenvalue weighted by atomic mass is 19.4. The Balaban J connectivity index is 4.19. The van der Waals surface area contributed by atoms with Crippen LogP contribution in [0.5, 0.6) is 0 Å². The van der Waals surface area contributed by atoms with E-state index < -0.39 is 11.7 Å². The molecular formula is C8H9F3O. The van der Waals surface area contributed by atoms with Crippen molar-refractivity contribution < 1.29 is 17.9 Å². The first-order valence-corrected chi connectivity index (χ1v) is 3.05. The quantitative estimate of drug-likeness (QED) is 0.477. The first-order chi connectivity index (χ1) is 5.38. The predicted octanol–water partition coefficient (Wildman–Crippen LogP) is 2.82. The zero-order valence-corrected chi connectivity index (χ0v) is 6.61. The predicted molar refractivity (Wildman–Crippen MR) is 40.5 cm³/mol. The van der Waals surface area contributed by atoms with Crippen molar-refractivity contribution in [2.45, 2.75) is 6.18 Å². The summed E-state index contributed by atoms with van der Waals surface area (Å²) in [4.78, 5) is 0. The number of hydrogen-bond donors (Lipinski definition) is 0. The third-order valence-electron chi connectivity index (χ3n) is 1.10. The summed E-state index contributed by atoms with van der Waals surface area (Å²) in [5, 5.41) is 0. The Labute approximate surface area is 68.8 Å². The Morgan fingerprint density at radius 1 is 1.25 bits per heavy atom. The van der Waals surface area contributed by atoms with E-state index in [1.54, 1.807) is 0 Å². The maximum Gasteiger partial charge on any atom is 0.415 e. The second-order valence-electron chi connectivity index (χ2n) is 2.03. The number of allylic oxidation sites excluding steroid dienone is 3. The van der Waals surface area contributed by atoms with E-state index in [9.17, 15) is 13.2 Å². The van der Waals surface area contributed by atoms with Crippen LogP contribution in [0, 0.1) is 0 Å². The first-order valence-electron chi connectivity index (χ1n) is 3.05. The van der Waals surface area contributed by atoms with E-state index >= 15 is 0 Å². The fourth-order valence-electron chi connectivity index (χ4n) is 0.356. The van der Waals surface area contributed by atoms with Gasteiger partial charge in [-0.1, -0.05) is 13.2 Å². The van der Waals surface area contributed by atoms with E-state index in [1.807, 2.05) is 0 Å². The van der Waals surface area contributed by atoms with Gasteiger partial charge in [0.15, 0.2) is 0 Å². The lowest BCUT2D eigenvalue weighted by Gasteiger charge is -2.04. The Bertz CT molecular complexity index is 213. The van der Waals surface area contributed by atoms with E-state index in [0.717, 1.165) is 12.2 Å². The zero-order valence-electron chi connectivity index (χ0n) is 6.61. The van der Waals surface area contributed by atoms with Crippen LogP contribution in [0.4, 0.5) is 13.2 Å². The van der Waals surface area contributed by atoms with Gasteiger partial charge < -0.3 is 4.74 Å². The average molecular weight is 178 g/mol. The fourth-order valence-corrected chi connectivity index (χ4v) is 0.356. The lowest BCUT2D eigenvalue weighted by Crippen LogP contribution is -2.08. The van der Waals surface area contributed by atoms with Crippen LogP contribution in [0.3, 0.4) is 0 Å². The van der Waals surface area contributed by atoms with Crippen LogP contribution in [0.1, 0.15) is 0 Å². The molecule has 0 spiro atoms. The van der Waals surface area contributed by atoms with E-state index in [2.05, 4.69) is 17.9 Å². The summed E-state index contributed by atoms with van der Waals surface area (Å²) in [6.45, 7) is 6.13. The van der Waals surface area contributed by atoms with Crippen molar-refractivity contribution in [1.82, 2.24) is 0 Å². The number of methoxy groups -OCH3 is 1. The van der Waals surface area contributed by atoms with Gasteiger partial charge in [-0.05, 0) is 12.2 Å². The van der Waals surface area contributed by atoms with Gasteiger partial charge in [-0.2, -0.15) is 13.2 Å². The summed E-state index contributed by atoms with van der Waals surface area (Å²) in [5.41, 5.74) is -0.930. The van der Waals surface area contributed by atoms with Crippen LogP contribution in [-0.2, 0) is 4.74 Å². The summed E-state index contributed by atoms with van der Waals surface area (Å²) in [7, 11) is 1.32. The van der Waals surface area contributed by atoms with Crippen molar-refractivity contribution in [3.05, 3.63) is 36.6 Å². The number of rotatable bonds is 3. The highest BCUT2D eigenvalue weighted by molar-refractivity contribution is 5.24. The van der Waals surface area contributed by atoms with E-state index in [-0.39, 0.29) is 5.76 Å². The molecule has 0 radical (unpaired) electrons. The molecule has 68 valence electrons. The van der Waals surface area contributed by atoms with Crippen molar-refractivity contribution >= 4 is 0 Å². The standard InChI is InChI=1S/C8H9F3O/c1-6(8(9,10)11)4-5-7(2)12-3/h4-5H,1-2H2,3H3/b5-4-. The molecule has 0 bridgehead atoms. The molecule has 0 unspecified atom stereocenters. The van der Waals surface area contributed by atoms with Crippen molar-refractivity contribution in [3.8, 4) is 0 Å². The largest absolute Gasteiger partial charge is 0.497 e. The second-order valence-corrected chi connectivity index (χ2v) is 2.03. The van der Waals surface area contributed by atoms with Crippen LogP contribution in [0.15, 0.2) is 36.6 Å². The smallest absolute Gasteiger partial charge is 0.415 e. The summed E-state index contributed by atoms with van der Waals surface area (Å²) in [6.07, 6.45) is -2.47. The molecule has 0 aromatic rings. The van der Waals surface area contributed by atoms with Gasteiger partial charge in [0.1, 0.15) is 5.76 Å². The average Bonchev–Trinajstić information content (AvgIpc) is 1.97. The third-order valence-corrected chi connectivity index (χ3v) is 1.10. The Morgan fingerprint density at radius 3 is 2.08 bits per heavy atom. The van der Waals surface area contributed by atoms with Gasteiger partial charge in [-0.15, -0.1) is 0 Å². The number of hydrogen-bond acceptors (Lipinski definition) is 1. The van der Waals surface area contributed by atoms with Crippen LogP contribution >= 0.6 is 0 Å². The maximum absolute atomic E-state index is 11.8. The van der Waals surface area contributed by atoms with Gasteiger partial charge in [-0.25, -0.2) is 0 Å². The highest BCUT2D eigenvalue weighted by Crippen LogP contribution is 2.24. The summed E-state index contributed by atoms with van der Waals surface area (Å²) < 4.78 is 39.9. The topological polar surface area (TPSA) is 9.23 Å². The van der Waals surface area contributed by atoms with Crippen LogP contribution in [0.2, 0.25) is 0 Å². The lowest BCUT2D eigenvalue weighted by atomic mass is 10.2. The fraction of sp³-hybridized carbons (Fsp3) is 0.250. The molecule has 4 heteroatoms. The van der Waals surface area contributed by atoms with Crippen molar-refractivity contribution in [1.29, 1.82) is 0 Å². The Kier molecular flexibility index (Phi) is 3.60. The van der Waals surface area contributed by atoms with E-state index in [0.29, 0.717) is 0 Å². The second kappa shape index (κ2) is 3.99. The van der Waals surface area contributed by atoms with Crippen molar-refractivity contribution in [3.63, 3.8) is 0 Å². The molecule has 0 saturated heterocycles. The normalized spacial score (nSPS) is 11.7. The molecule has 0 amide bonds. The zero-order chi connectivity index (χ0) is 9.78. The molecule has 0 N–H and O–H groups in total. The van der Waals surface area contributed by atoms with Crippen molar-refractivity contribution in [2.75, 3.05) is 7.11 Å². The summed E-state index contributed by atoms with van der Waals surface area (Å²) >= 11 is 0. The van der Waals surface area contributed by atoms with Crippen molar-refractivity contribution in [2.24, 2.45) is 0 Å². The molecule has 0 aliphatic carbocycles. The molecule has 0 aliphatic rings. The molecule has 0 aromatic heterocycles. The van der Waals surface area contributed by atoms with Gasteiger partial charge in [0.2, 0.25) is 0 Å². The van der Waals surface area contributed by atoms with Gasteiger partial charge >= 0.3 is 6.18 Å². The van der Waals surface area contributed by atoms with Crippen LogP contribution in [0.25, 0.3) is 0 Å². The molecular weight excluding hydrogens is 169 g/mol. The van der Waals surface area contributed by atoms with Gasteiger partial charge in [0.25, 0.3) is 0 Å². The van der Waals surface area contributed by atoms with Gasteiger partial charge in [0.05, 0.1) is 7.11 Å². The van der Waals surface area contributed by atoms with E-state index in [1.165, 1.54) is 7.11 Å².